The van der Waals surface area contributed by atoms with Crippen molar-refractivity contribution in [2.24, 2.45) is 0 Å². The van der Waals surface area contributed by atoms with Crippen LogP contribution in [0, 0.1) is 11.3 Å². The summed E-state index contributed by atoms with van der Waals surface area (Å²) in [6, 6.07) is 17.4. The minimum Gasteiger partial charge on any atom is -0.493 e. The van der Waals surface area contributed by atoms with Gasteiger partial charge in [0, 0.05) is 27.5 Å². The Kier molecular flexibility index (Phi) is 7.77. The number of anilines is 1. The molecule has 0 unspecified atom stereocenters. The van der Waals surface area contributed by atoms with Gasteiger partial charge in [-0.3, -0.25) is 10.1 Å². The molecule has 0 radical (unpaired) electrons. The Morgan fingerprint density at radius 1 is 1.27 bits per heavy atom. The van der Waals surface area contributed by atoms with Crippen molar-refractivity contribution < 1.29 is 9.53 Å². The highest BCUT2D eigenvalue weighted by Crippen LogP contribution is 2.24. The lowest BCUT2D eigenvalue weighted by molar-refractivity contribution is -0.112. The molecule has 1 heterocycles. The smallest absolute Gasteiger partial charge is 0.268 e. The molecule has 0 fully saturated rings. The molecule has 1 amide bonds. The lowest BCUT2D eigenvalue weighted by atomic mass is 10.1. The predicted molar refractivity (Wildman–Crippen MR) is 124 cm³/mol. The van der Waals surface area contributed by atoms with Gasteiger partial charge in [-0.15, -0.1) is 11.3 Å². The quantitative estimate of drug-likeness (QED) is 0.324. The summed E-state index contributed by atoms with van der Waals surface area (Å²) in [4.78, 5) is 17.9. The molecule has 0 saturated heterocycles. The number of aromatic nitrogens is 1. The van der Waals surface area contributed by atoms with Gasteiger partial charge in [0.05, 0.1) is 6.61 Å². The Balaban J connectivity index is 1.70. The minimum atomic E-state index is -0.493. The third-order valence-electron chi connectivity index (χ3n) is 4.11. The molecule has 152 valence electrons. The van der Waals surface area contributed by atoms with Gasteiger partial charge in [-0.25, -0.2) is 4.98 Å². The standard InChI is InChI=1S/C23H20BrN3O2S/c1-2-11-29-21-6-4-3-5-17(21)13-18(14-25)22(28)27-23-26-15-20(30-23)12-16-7-9-19(24)10-8-16/h3-10,13,15H,2,11-12H2,1H3,(H,26,27,28)/b18-13+. The molecule has 3 aromatic rings. The molecule has 30 heavy (non-hydrogen) atoms. The first-order valence-electron chi connectivity index (χ1n) is 9.43. The van der Waals surface area contributed by atoms with Crippen LogP contribution >= 0.6 is 27.3 Å². The third-order valence-corrected chi connectivity index (χ3v) is 5.55. The van der Waals surface area contributed by atoms with E-state index in [-0.39, 0.29) is 5.57 Å². The summed E-state index contributed by atoms with van der Waals surface area (Å²) in [7, 11) is 0. The molecule has 0 saturated carbocycles. The fourth-order valence-corrected chi connectivity index (χ4v) is 3.77. The topological polar surface area (TPSA) is 75.0 Å². The number of hydrogen-bond donors (Lipinski definition) is 1. The average molecular weight is 482 g/mol. The first-order chi connectivity index (χ1) is 14.6. The zero-order valence-electron chi connectivity index (χ0n) is 16.4. The van der Waals surface area contributed by atoms with Crippen LogP contribution in [0.1, 0.15) is 29.3 Å². The summed E-state index contributed by atoms with van der Waals surface area (Å²) in [5.74, 6) is 0.151. The van der Waals surface area contributed by atoms with E-state index in [0.717, 1.165) is 27.8 Å². The van der Waals surface area contributed by atoms with Crippen molar-refractivity contribution in [3.63, 3.8) is 0 Å². The van der Waals surface area contributed by atoms with Crippen molar-refractivity contribution in [3.05, 3.63) is 80.8 Å². The number of halogens is 1. The van der Waals surface area contributed by atoms with Crippen LogP contribution in [0.3, 0.4) is 0 Å². The van der Waals surface area contributed by atoms with Gasteiger partial charge in [-0.1, -0.05) is 53.2 Å². The molecular weight excluding hydrogens is 462 g/mol. The van der Waals surface area contributed by atoms with Gasteiger partial charge in [0.2, 0.25) is 0 Å². The van der Waals surface area contributed by atoms with Crippen molar-refractivity contribution in [2.45, 2.75) is 19.8 Å². The van der Waals surface area contributed by atoms with Gasteiger partial charge in [-0.2, -0.15) is 5.26 Å². The van der Waals surface area contributed by atoms with E-state index in [4.69, 9.17) is 4.74 Å². The molecule has 0 aliphatic rings. The fourth-order valence-electron chi connectivity index (χ4n) is 2.66. The van der Waals surface area contributed by atoms with Crippen LogP contribution in [-0.2, 0) is 11.2 Å². The molecule has 3 rings (SSSR count). The van der Waals surface area contributed by atoms with E-state index in [9.17, 15) is 10.1 Å². The van der Waals surface area contributed by atoms with Crippen LogP contribution < -0.4 is 10.1 Å². The van der Waals surface area contributed by atoms with Crippen molar-refractivity contribution >= 4 is 44.4 Å². The number of nitriles is 1. The molecule has 1 N–H and O–H groups in total. The fraction of sp³-hybridized carbons (Fsp3) is 0.174. The highest BCUT2D eigenvalue weighted by Gasteiger charge is 2.13. The number of nitrogens with one attached hydrogen (secondary N) is 1. The van der Waals surface area contributed by atoms with E-state index in [2.05, 4.69) is 26.2 Å². The second-order valence-corrected chi connectivity index (χ2v) is 8.48. The molecule has 0 atom stereocenters. The van der Waals surface area contributed by atoms with E-state index < -0.39 is 5.91 Å². The Morgan fingerprint density at radius 3 is 2.77 bits per heavy atom. The molecule has 0 bridgehead atoms. The molecule has 0 aliphatic carbocycles. The maximum absolute atomic E-state index is 12.6. The predicted octanol–water partition coefficient (Wildman–Crippen LogP) is 5.83. The molecule has 7 heteroatoms. The summed E-state index contributed by atoms with van der Waals surface area (Å²) in [5, 5.41) is 12.7. The zero-order chi connectivity index (χ0) is 21.3. The number of carbonyl (C=O) groups is 1. The normalized spacial score (nSPS) is 11.0. The van der Waals surface area contributed by atoms with Gasteiger partial charge in [0.15, 0.2) is 5.13 Å². The van der Waals surface area contributed by atoms with Crippen LogP contribution in [0.15, 0.2) is 64.8 Å². The van der Waals surface area contributed by atoms with E-state index in [1.54, 1.807) is 6.20 Å². The SMILES string of the molecule is CCCOc1ccccc1/C=C(\C#N)C(=O)Nc1ncc(Cc2ccc(Br)cc2)s1. The van der Waals surface area contributed by atoms with E-state index in [0.29, 0.717) is 23.1 Å². The highest BCUT2D eigenvalue weighted by atomic mass is 79.9. The maximum atomic E-state index is 12.6. The van der Waals surface area contributed by atoms with Gasteiger partial charge in [0.1, 0.15) is 17.4 Å². The molecular formula is C23H20BrN3O2S. The summed E-state index contributed by atoms with van der Waals surface area (Å²) in [5.41, 5.74) is 1.83. The number of rotatable bonds is 8. The first-order valence-corrected chi connectivity index (χ1v) is 11.0. The Hall–Kier alpha value is -2.95. The average Bonchev–Trinajstić information content (AvgIpc) is 3.19. The largest absolute Gasteiger partial charge is 0.493 e. The lowest BCUT2D eigenvalue weighted by Gasteiger charge is -2.08. The number of benzene rings is 2. The molecule has 5 nitrogen and oxygen atoms in total. The molecule has 0 spiro atoms. The Morgan fingerprint density at radius 2 is 2.03 bits per heavy atom. The number of para-hydroxylation sites is 1. The van der Waals surface area contributed by atoms with E-state index in [1.165, 1.54) is 17.4 Å². The number of carbonyl (C=O) groups excluding carboxylic acids is 1. The molecule has 1 aromatic heterocycles. The number of hydrogen-bond acceptors (Lipinski definition) is 5. The van der Waals surface area contributed by atoms with Crippen LogP contribution in [0.25, 0.3) is 6.08 Å². The van der Waals surface area contributed by atoms with Crippen molar-refractivity contribution in [1.82, 2.24) is 4.98 Å². The lowest BCUT2D eigenvalue weighted by Crippen LogP contribution is -2.13. The second kappa shape index (κ2) is 10.7. The second-order valence-electron chi connectivity index (χ2n) is 6.45. The van der Waals surface area contributed by atoms with Gasteiger partial charge < -0.3 is 4.74 Å². The monoisotopic (exact) mass is 481 g/mol. The summed E-state index contributed by atoms with van der Waals surface area (Å²) in [6.07, 6.45) is 4.88. The number of ether oxygens (including phenoxy) is 1. The summed E-state index contributed by atoms with van der Waals surface area (Å²) >= 11 is 4.82. The Labute approximate surface area is 188 Å². The highest BCUT2D eigenvalue weighted by molar-refractivity contribution is 9.10. The van der Waals surface area contributed by atoms with Gasteiger partial charge in [-0.05, 0) is 36.3 Å². The van der Waals surface area contributed by atoms with Crippen molar-refractivity contribution in [2.75, 3.05) is 11.9 Å². The minimum absolute atomic E-state index is 0.00721. The third kappa shape index (κ3) is 6.02. The number of amides is 1. The van der Waals surface area contributed by atoms with Crippen LogP contribution in [0.4, 0.5) is 5.13 Å². The molecule has 0 aliphatic heterocycles. The van der Waals surface area contributed by atoms with Gasteiger partial charge in [0.25, 0.3) is 5.91 Å². The Bertz CT molecular complexity index is 1080. The van der Waals surface area contributed by atoms with Crippen molar-refractivity contribution in [1.29, 1.82) is 5.26 Å². The summed E-state index contributed by atoms with van der Waals surface area (Å²) < 4.78 is 6.73. The number of nitrogens with zero attached hydrogens (tertiary/aromatic N) is 2. The van der Waals surface area contributed by atoms with E-state index in [1.807, 2.05) is 61.5 Å². The maximum Gasteiger partial charge on any atom is 0.268 e. The summed E-state index contributed by atoms with van der Waals surface area (Å²) in [6.45, 7) is 2.59. The number of thiazole rings is 1. The first kappa shape index (κ1) is 21.8. The van der Waals surface area contributed by atoms with Gasteiger partial charge >= 0.3 is 0 Å². The van der Waals surface area contributed by atoms with Crippen LogP contribution in [-0.4, -0.2) is 17.5 Å². The van der Waals surface area contributed by atoms with E-state index >= 15 is 0 Å². The zero-order valence-corrected chi connectivity index (χ0v) is 18.8. The van der Waals surface area contributed by atoms with Crippen molar-refractivity contribution in [3.8, 4) is 11.8 Å². The molecule has 2 aromatic carbocycles. The van der Waals surface area contributed by atoms with Crippen LogP contribution in [0.5, 0.6) is 5.75 Å². The van der Waals surface area contributed by atoms with Crippen LogP contribution in [0.2, 0.25) is 0 Å².